The molecular formula is C48H46Cl2F6N8O7. The number of anilines is 2. The van der Waals surface area contributed by atoms with Crippen molar-refractivity contribution in [2.75, 3.05) is 24.1 Å². The van der Waals surface area contributed by atoms with Crippen molar-refractivity contribution in [1.29, 1.82) is 0 Å². The Morgan fingerprint density at radius 3 is 1.55 bits per heavy atom. The van der Waals surface area contributed by atoms with Gasteiger partial charge in [-0.15, -0.1) is 5.10 Å². The van der Waals surface area contributed by atoms with Crippen LogP contribution in [0.25, 0.3) is 33.9 Å². The molecule has 15 nitrogen and oxygen atoms in total. The first-order valence-electron chi connectivity index (χ1n) is 21.6. The highest BCUT2D eigenvalue weighted by molar-refractivity contribution is 6.31. The van der Waals surface area contributed by atoms with E-state index in [0.29, 0.717) is 55.2 Å². The number of nitrogens with zero attached hydrogens (tertiary/aromatic N) is 4. The lowest BCUT2D eigenvalue weighted by Gasteiger charge is -2.17. The number of nitrogens with two attached hydrogens (primary N) is 1. The molecule has 0 unspecified atom stereocenters. The SMILES string of the molecule is C[C@@H](OCc1cc(Cl)cc(-c2cc(N)nn2-c2ccccc2)c1)C(F)(F)F.C[C@@H](OCc1cc(Cl)cc(-c2cc(NC(=O)[C@@H]3CNC(=O)C3)nn2-c2ccccc2)c1)C(F)(F)F.O=C1C[C@H](C(=O)O)CN1. The fraction of sp³-hybridized carbons (Fsp3) is 0.292. The van der Waals surface area contributed by atoms with Gasteiger partial charge in [0.1, 0.15) is 5.82 Å². The van der Waals surface area contributed by atoms with Crippen molar-refractivity contribution in [1.82, 2.24) is 30.2 Å². The number of benzene rings is 4. The monoisotopic (exact) mass is 1030 g/mol. The number of carbonyl (C=O) groups excluding carboxylic acids is 3. The van der Waals surface area contributed by atoms with Crippen LogP contribution in [-0.2, 0) is 41.9 Å². The zero-order valence-electron chi connectivity index (χ0n) is 37.7. The maximum absolute atomic E-state index is 12.8. The second-order valence-corrected chi connectivity index (χ2v) is 17.2. The predicted molar refractivity (Wildman–Crippen MR) is 252 cm³/mol. The van der Waals surface area contributed by atoms with Gasteiger partial charge < -0.3 is 36.3 Å². The number of carboxylic acids is 1. The van der Waals surface area contributed by atoms with Crippen molar-refractivity contribution in [3.05, 3.63) is 130 Å². The number of nitrogens with one attached hydrogen (secondary N) is 3. The molecule has 2 saturated heterocycles. The standard InChI is InChI=1S/C24H22ClF3N4O3.C19H17ClF3N3O.C5H7NO3/c1-14(24(26,27)28)35-13-15-7-16(9-18(25)8-15)20-11-21(30-23(34)17-10-22(33)29-12-17)31-32(20)19-5-3-2-4-6-19;1-12(19(21,22)23)27-11-13-7-14(9-15(20)8-13)17-10-18(24)25-26(17)16-5-3-2-4-6-16;7-4-1-3(2-6-4)5(8)9/h2-9,11,14,17H,10,12-13H2,1H3,(H,29,33)(H,30,31,34);2-10,12H,11H2,1H3,(H2,24,25);3H,1-2H2,(H,6,7)(H,8,9)/t14-,17+;12-;3-/m110/s1. The van der Waals surface area contributed by atoms with Gasteiger partial charge in [-0.25, -0.2) is 9.36 Å². The van der Waals surface area contributed by atoms with E-state index in [1.54, 1.807) is 51.8 Å². The van der Waals surface area contributed by atoms with Crippen molar-refractivity contribution >= 4 is 58.5 Å². The fourth-order valence-corrected chi connectivity index (χ4v) is 7.49. The molecule has 0 aliphatic carbocycles. The maximum atomic E-state index is 12.8. The van der Waals surface area contributed by atoms with Crippen LogP contribution >= 0.6 is 23.2 Å². The molecule has 2 aliphatic heterocycles. The minimum atomic E-state index is -4.47. The summed E-state index contributed by atoms with van der Waals surface area (Å²) < 4.78 is 89.6. The van der Waals surface area contributed by atoms with Crippen molar-refractivity contribution in [2.45, 2.75) is 64.5 Å². The Kier molecular flexibility index (Phi) is 17.5. The lowest BCUT2D eigenvalue weighted by atomic mass is 10.1. The molecule has 2 fully saturated rings. The van der Waals surface area contributed by atoms with Gasteiger partial charge in [0.2, 0.25) is 17.7 Å². The first kappa shape index (κ1) is 53.4. The molecule has 6 N–H and O–H groups in total. The second-order valence-electron chi connectivity index (χ2n) is 16.3. The van der Waals surface area contributed by atoms with Crippen LogP contribution in [0.3, 0.4) is 0 Å². The van der Waals surface area contributed by atoms with E-state index in [-0.39, 0.29) is 62.7 Å². The molecule has 2 aromatic heterocycles. The molecule has 0 saturated carbocycles. The predicted octanol–water partition coefficient (Wildman–Crippen LogP) is 9.18. The van der Waals surface area contributed by atoms with E-state index in [4.69, 9.17) is 43.5 Å². The minimum absolute atomic E-state index is 0.103. The molecule has 71 heavy (non-hydrogen) atoms. The molecule has 23 heteroatoms. The number of para-hydroxylation sites is 2. The number of alkyl halides is 6. The molecular weight excluding hydrogens is 985 g/mol. The van der Waals surface area contributed by atoms with Gasteiger partial charge in [-0.3, -0.25) is 19.2 Å². The lowest BCUT2D eigenvalue weighted by molar-refractivity contribution is -0.217. The summed E-state index contributed by atoms with van der Waals surface area (Å²) in [6, 6.07) is 31.6. The molecule has 0 bridgehead atoms. The number of carbonyl (C=O) groups is 4. The Morgan fingerprint density at radius 1 is 0.704 bits per heavy atom. The van der Waals surface area contributed by atoms with E-state index < -0.39 is 42.4 Å². The third-order valence-electron chi connectivity index (χ3n) is 10.8. The summed E-state index contributed by atoms with van der Waals surface area (Å²) in [5.41, 5.74) is 10.8. The highest BCUT2D eigenvalue weighted by atomic mass is 35.5. The average Bonchev–Trinajstić information content (AvgIpc) is 4.15. The van der Waals surface area contributed by atoms with Crippen molar-refractivity contribution in [3.8, 4) is 33.9 Å². The van der Waals surface area contributed by atoms with Gasteiger partial charge in [-0.2, -0.15) is 31.4 Å². The number of aromatic nitrogens is 4. The molecule has 376 valence electrons. The van der Waals surface area contributed by atoms with Crippen molar-refractivity contribution < 1.29 is 60.1 Å². The van der Waals surface area contributed by atoms with Crippen LogP contribution in [0.2, 0.25) is 10.0 Å². The van der Waals surface area contributed by atoms with Crippen LogP contribution in [0, 0.1) is 11.8 Å². The van der Waals surface area contributed by atoms with Gasteiger partial charge in [0.05, 0.1) is 47.8 Å². The van der Waals surface area contributed by atoms with Gasteiger partial charge in [0.15, 0.2) is 18.0 Å². The molecule has 4 aromatic carbocycles. The highest BCUT2D eigenvalue weighted by Crippen LogP contribution is 2.33. The minimum Gasteiger partial charge on any atom is -0.481 e. The second kappa shape index (κ2) is 23.3. The Hall–Kier alpha value is -6.94. The molecule has 2 aliphatic rings. The summed E-state index contributed by atoms with van der Waals surface area (Å²) in [7, 11) is 0. The number of carboxylic acid groups (broad SMARTS) is 1. The number of hydrogen-bond donors (Lipinski definition) is 5. The summed E-state index contributed by atoms with van der Waals surface area (Å²) in [5.74, 6) is -2.01. The summed E-state index contributed by atoms with van der Waals surface area (Å²) in [6.45, 7) is 1.94. The third-order valence-corrected chi connectivity index (χ3v) is 11.2. The fourth-order valence-electron chi connectivity index (χ4n) is 6.98. The number of hydrogen-bond acceptors (Lipinski definition) is 9. The summed E-state index contributed by atoms with van der Waals surface area (Å²) >= 11 is 12.4. The summed E-state index contributed by atoms with van der Waals surface area (Å²) in [4.78, 5) is 44.6. The van der Waals surface area contributed by atoms with Gasteiger partial charge in [-0.1, -0.05) is 59.6 Å². The first-order chi connectivity index (χ1) is 33.5. The number of nitrogen functional groups attached to an aromatic ring is 1. The topological polar surface area (TPSA) is 205 Å². The highest BCUT2D eigenvalue weighted by Gasteiger charge is 2.38. The number of rotatable bonds is 13. The average molecular weight is 1030 g/mol. The number of amides is 3. The Balaban J connectivity index is 0.000000202. The maximum Gasteiger partial charge on any atom is 0.414 e. The van der Waals surface area contributed by atoms with E-state index in [1.807, 2.05) is 60.7 Å². The number of ether oxygens (including phenoxy) is 2. The lowest BCUT2D eigenvalue weighted by Crippen LogP contribution is -2.28. The Bertz CT molecular complexity index is 2830. The van der Waals surface area contributed by atoms with E-state index in [9.17, 15) is 45.5 Å². The number of halogens is 8. The Labute approximate surface area is 412 Å². The number of aliphatic carboxylic acids is 1. The normalized spacial score (nSPS) is 16.4. The van der Waals surface area contributed by atoms with Crippen LogP contribution < -0.4 is 21.7 Å². The van der Waals surface area contributed by atoms with Gasteiger partial charge in [0, 0.05) is 59.2 Å². The molecule has 8 rings (SSSR count). The van der Waals surface area contributed by atoms with E-state index >= 15 is 0 Å². The van der Waals surface area contributed by atoms with Crippen molar-refractivity contribution in [3.63, 3.8) is 0 Å². The smallest absolute Gasteiger partial charge is 0.414 e. The zero-order valence-corrected chi connectivity index (χ0v) is 39.2. The van der Waals surface area contributed by atoms with E-state index in [2.05, 4.69) is 26.1 Å². The molecule has 0 spiro atoms. The summed E-state index contributed by atoms with van der Waals surface area (Å²) in [6.07, 6.45) is -12.5. The summed E-state index contributed by atoms with van der Waals surface area (Å²) in [5, 5.41) is 25.6. The van der Waals surface area contributed by atoms with Gasteiger partial charge >= 0.3 is 18.3 Å². The first-order valence-corrected chi connectivity index (χ1v) is 22.4. The van der Waals surface area contributed by atoms with Crippen LogP contribution in [0.4, 0.5) is 38.0 Å². The molecule has 6 aromatic rings. The molecule has 3 amide bonds. The van der Waals surface area contributed by atoms with Crippen LogP contribution in [0.5, 0.6) is 0 Å². The molecule has 0 radical (unpaired) electrons. The van der Waals surface area contributed by atoms with E-state index in [0.717, 1.165) is 19.5 Å². The third kappa shape index (κ3) is 15.0. The van der Waals surface area contributed by atoms with Gasteiger partial charge in [0.25, 0.3) is 0 Å². The van der Waals surface area contributed by atoms with E-state index in [1.165, 1.54) is 6.07 Å². The Morgan fingerprint density at radius 2 is 1.14 bits per heavy atom. The van der Waals surface area contributed by atoms with Crippen molar-refractivity contribution in [2.24, 2.45) is 11.8 Å². The largest absolute Gasteiger partial charge is 0.481 e. The van der Waals surface area contributed by atoms with Crippen LogP contribution in [0.15, 0.2) is 109 Å². The van der Waals surface area contributed by atoms with Gasteiger partial charge in [-0.05, 0) is 85.6 Å². The van der Waals surface area contributed by atoms with Crippen LogP contribution in [-0.4, -0.2) is 86.0 Å². The molecule has 4 atom stereocenters. The zero-order chi connectivity index (χ0) is 51.6. The quantitative estimate of drug-likeness (QED) is 0.0694. The van der Waals surface area contributed by atoms with Crippen LogP contribution in [0.1, 0.15) is 37.8 Å². The molecule has 4 heterocycles.